The second kappa shape index (κ2) is 13.8. The minimum Gasteiger partial charge on any atom is -1.00 e. The first-order valence-corrected chi connectivity index (χ1v) is 8.60. The van der Waals surface area contributed by atoms with Crippen LogP contribution < -0.4 is 35.4 Å². The molecule has 0 aliphatic rings. The summed E-state index contributed by atoms with van der Waals surface area (Å²) in [4.78, 5) is 24.6. The van der Waals surface area contributed by atoms with Gasteiger partial charge in [0.2, 0.25) is 0 Å². The van der Waals surface area contributed by atoms with E-state index in [0.717, 1.165) is 33.4 Å². The summed E-state index contributed by atoms with van der Waals surface area (Å²) in [6, 6.07) is 11.6. The number of hydrogen-bond acceptors (Lipinski definition) is 2. The molecule has 2 aromatic rings. The number of amides is 2. The van der Waals surface area contributed by atoms with Crippen molar-refractivity contribution in [2.75, 3.05) is 13.1 Å². The number of rotatable bonds is 6. The summed E-state index contributed by atoms with van der Waals surface area (Å²) in [7, 11) is 0. The summed E-state index contributed by atoms with van der Waals surface area (Å²) in [5, 5.41) is 5.85. The van der Waals surface area contributed by atoms with Crippen molar-refractivity contribution in [1.82, 2.24) is 10.6 Å². The molecule has 0 radical (unpaired) electrons. The van der Waals surface area contributed by atoms with E-state index in [1.807, 2.05) is 64.1 Å². The monoisotopic (exact) mass is 456 g/mol. The van der Waals surface area contributed by atoms with Crippen molar-refractivity contribution in [3.05, 3.63) is 69.8 Å². The maximum Gasteiger partial charge on any atom is 2.00 e. The molecule has 0 atom stereocenters. The van der Waals surface area contributed by atoms with E-state index < -0.39 is 0 Å². The Balaban J connectivity index is 0. The van der Waals surface area contributed by atoms with Crippen LogP contribution >= 0.6 is 0 Å². The van der Waals surface area contributed by atoms with Crippen LogP contribution in [0, 0.1) is 27.7 Å². The minimum atomic E-state index is -0.0586. The molecule has 4 nitrogen and oxygen atoms in total. The largest absolute Gasteiger partial charge is 2.00 e. The molecule has 0 saturated heterocycles. The maximum atomic E-state index is 12.3. The smallest absolute Gasteiger partial charge is 1.00 e. The Labute approximate surface area is 195 Å². The summed E-state index contributed by atoms with van der Waals surface area (Å²) >= 11 is 0. The van der Waals surface area contributed by atoms with E-state index in [1.165, 1.54) is 0 Å². The summed E-state index contributed by atoms with van der Waals surface area (Å²) in [5.41, 5.74) is 5.37. The van der Waals surface area contributed by atoms with Crippen LogP contribution in [0.3, 0.4) is 0 Å². The molecule has 0 unspecified atom stereocenters. The van der Waals surface area contributed by atoms with E-state index in [0.29, 0.717) is 19.5 Å². The first-order chi connectivity index (χ1) is 11.9. The van der Waals surface area contributed by atoms with Gasteiger partial charge in [-0.15, -0.1) is 0 Å². The second-order valence-corrected chi connectivity index (χ2v) is 6.40. The van der Waals surface area contributed by atoms with E-state index in [1.54, 1.807) is 0 Å². The van der Waals surface area contributed by atoms with Gasteiger partial charge in [0.25, 0.3) is 11.8 Å². The Hall–Kier alpha value is -1.33. The number of carbonyl (C=O) groups is 2. The minimum absolute atomic E-state index is 0. The molecule has 7 heteroatoms. The Bertz CT molecular complexity index is 692. The molecule has 28 heavy (non-hydrogen) atoms. The van der Waals surface area contributed by atoms with Gasteiger partial charge in [0, 0.05) is 24.2 Å². The van der Waals surface area contributed by atoms with Crippen LogP contribution in [-0.4, -0.2) is 24.9 Å². The standard InChI is InChI=1S/C21H26N2O2.2ClH.Ti/c1-14-8-5-9-15(2)18(14)20(24)22-12-7-13-23-21(25)19-16(3)10-6-11-17(19)4;;;/h5-6,8-11H,7,12-13H2,1-4H3,(H,22,24)(H,23,25);2*1H;/q;;;+2/p-2. The second-order valence-electron chi connectivity index (χ2n) is 6.40. The van der Waals surface area contributed by atoms with E-state index in [9.17, 15) is 9.59 Å². The Morgan fingerprint density at radius 1 is 0.679 bits per heavy atom. The Morgan fingerprint density at radius 3 is 1.25 bits per heavy atom. The third-order valence-electron chi connectivity index (χ3n) is 4.34. The van der Waals surface area contributed by atoms with Crippen LogP contribution in [0.15, 0.2) is 36.4 Å². The molecule has 2 aromatic carbocycles. The van der Waals surface area contributed by atoms with Gasteiger partial charge in [0.15, 0.2) is 0 Å². The van der Waals surface area contributed by atoms with E-state index in [4.69, 9.17) is 0 Å². The molecule has 0 fully saturated rings. The zero-order valence-corrected chi connectivity index (χ0v) is 19.7. The normalized spacial score (nSPS) is 9.29. The molecule has 2 rings (SSSR count). The Morgan fingerprint density at radius 2 is 0.964 bits per heavy atom. The maximum absolute atomic E-state index is 12.3. The summed E-state index contributed by atoms with van der Waals surface area (Å²) in [6.45, 7) is 8.80. The average Bonchev–Trinajstić information content (AvgIpc) is 2.54. The number of halogens is 2. The van der Waals surface area contributed by atoms with Crippen LogP contribution in [0.1, 0.15) is 49.4 Å². The van der Waals surface area contributed by atoms with Gasteiger partial charge in [-0.2, -0.15) is 0 Å². The van der Waals surface area contributed by atoms with E-state index in [-0.39, 0.29) is 58.3 Å². The fourth-order valence-corrected chi connectivity index (χ4v) is 3.01. The van der Waals surface area contributed by atoms with Crippen molar-refractivity contribution in [2.24, 2.45) is 0 Å². The number of carbonyl (C=O) groups excluding carboxylic acids is 2. The summed E-state index contributed by atoms with van der Waals surface area (Å²) in [5.74, 6) is -0.117. The average molecular weight is 457 g/mol. The van der Waals surface area contributed by atoms with Crippen LogP contribution in [0.25, 0.3) is 0 Å². The molecule has 0 bridgehead atoms. The SMILES string of the molecule is Cc1cccc(C)c1C(=O)NCCCNC(=O)c1c(C)cccc1C.[Cl-].[Cl-].[Ti+2]. The number of hydrogen-bond donors (Lipinski definition) is 2. The first kappa shape index (κ1) is 28.9. The quantitative estimate of drug-likeness (QED) is 0.372. The van der Waals surface area contributed by atoms with Crippen molar-refractivity contribution in [2.45, 2.75) is 34.1 Å². The molecule has 0 aliphatic heterocycles. The summed E-state index contributed by atoms with van der Waals surface area (Å²) in [6.07, 6.45) is 0.688. The van der Waals surface area contributed by atoms with Crippen LogP contribution in [0.4, 0.5) is 0 Å². The fourth-order valence-electron chi connectivity index (χ4n) is 3.01. The molecule has 0 aliphatic carbocycles. The number of benzene rings is 2. The van der Waals surface area contributed by atoms with Gasteiger partial charge in [-0.05, 0) is 56.4 Å². The molecular weight excluding hydrogens is 431 g/mol. The van der Waals surface area contributed by atoms with Gasteiger partial charge in [0.1, 0.15) is 0 Å². The Kier molecular flexibility index (Phi) is 14.2. The van der Waals surface area contributed by atoms with E-state index >= 15 is 0 Å². The molecule has 0 saturated carbocycles. The van der Waals surface area contributed by atoms with Crippen molar-refractivity contribution in [3.8, 4) is 0 Å². The van der Waals surface area contributed by atoms with Crippen LogP contribution in [-0.2, 0) is 21.7 Å². The van der Waals surface area contributed by atoms with Crippen molar-refractivity contribution in [1.29, 1.82) is 0 Å². The number of nitrogens with one attached hydrogen (secondary N) is 2. The molecular formula is C21H26Cl2N2O2Ti. The molecule has 0 aromatic heterocycles. The zero-order chi connectivity index (χ0) is 18.4. The van der Waals surface area contributed by atoms with Gasteiger partial charge < -0.3 is 35.4 Å². The predicted molar refractivity (Wildman–Crippen MR) is 101 cm³/mol. The van der Waals surface area contributed by atoms with Gasteiger partial charge >= 0.3 is 21.7 Å². The van der Waals surface area contributed by atoms with Crippen LogP contribution in [0.2, 0.25) is 0 Å². The van der Waals surface area contributed by atoms with Crippen LogP contribution in [0.5, 0.6) is 0 Å². The summed E-state index contributed by atoms with van der Waals surface area (Å²) < 4.78 is 0. The molecule has 0 spiro atoms. The molecule has 2 amide bonds. The topological polar surface area (TPSA) is 58.2 Å². The van der Waals surface area contributed by atoms with Gasteiger partial charge in [-0.25, -0.2) is 0 Å². The third kappa shape index (κ3) is 7.59. The van der Waals surface area contributed by atoms with Crippen molar-refractivity contribution in [3.63, 3.8) is 0 Å². The van der Waals surface area contributed by atoms with E-state index in [2.05, 4.69) is 10.6 Å². The predicted octanol–water partition coefficient (Wildman–Crippen LogP) is -2.52. The fraction of sp³-hybridized carbons (Fsp3) is 0.333. The molecule has 0 heterocycles. The van der Waals surface area contributed by atoms with Gasteiger partial charge in [-0.1, -0.05) is 36.4 Å². The third-order valence-corrected chi connectivity index (χ3v) is 4.34. The van der Waals surface area contributed by atoms with Crippen molar-refractivity contribution < 1.29 is 56.1 Å². The zero-order valence-electron chi connectivity index (χ0n) is 16.7. The van der Waals surface area contributed by atoms with Crippen molar-refractivity contribution >= 4 is 11.8 Å². The number of aryl methyl sites for hydroxylation is 4. The molecule has 150 valence electrons. The van der Waals surface area contributed by atoms with Gasteiger partial charge in [0.05, 0.1) is 0 Å². The van der Waals surface area contributed by atoms with Gasteiger partial charge in [-0.3, -0.25) is 9.59 Å². The molecule has 2 N–H and O–H groups in total. The first-order valence-electron chi connectivity index (χ1n) is 8.60.